The third-order valence-corrected chi connectivity index (χ3v) is 4.31. The van der Waals surface area contributed by atoms with Crippen molar-refractivity contribution in [1.29, 1.82) is 0 Å². The molecular weight excluding hydrogens is 272 g/mol. The Morgan fingerprint density at radius 3 is 3.00 bits per heavy atom. The molecule has 1 atom stereocenters. The summed E-state index contributed by atoms with van der Waals surface area (Å²) in [5.74, 6) is 1.61. The minimum Gasteiger partial charge on any atom is -0.371 e. The predicted octanol–water partition coefficient (Wildman–Crippen LogP) is 3.29. The number of benzene rings is 1. The van der Waals surface area contributed by atoms with Gasteiger partial charge >= 0.3 is 0 Å². The summed E-state index contributed by atoms with van der Waals surface area (Å²) in [6, 6.07) is 10.8. The Morgan fingerprint density at radius 1 is 1.27 bits per heavy atom. The lowest BCUT2D eigenvalue weighted by molar-refractivity contribution is 0.621. The largest absolute Gasteiger partial charge is 0.371 e. The third kappa shape index (κ3) is 3.56. The molecule has 1 aliphatic rings. The van der Waals surface area contributed by atoms with Gasteiger partial charge in [0.15, 0.2) is 0 Å². The highest BCUT2D eigenvalue weighted by Gasteiger charge is 2.22. The monoisotopic (exact) mass is 296 g/mol. The van der Waals surface area contributed by atoms with E-state index < -0.39 is 0 Å². The molecule has 0 amide bonds. The minimum absolute atomic E-state index is 0.667. The summed E-state index contributed by atoms with van der Waals surface area (Å²) in [5, 5.41) is 3.47. The van der Waals surface area contributed by atoms with Crippen LogP contribution in [0.15, 0.2) is 36.7 Å². The molecule has 0 spiro atoms. The van der Waals surface area contributed by atoms with Crippen LogP contribution in [0.4, 0.5) is 11.5 Å². The topological polar surface area (TPSA) is 41.0 Å². The number of rotatable bonds is 5. The molecule has 1 aromatic carbocycles. The molecule has 1 N–H and O–H groups in total. The van der Waals surface area contributed by atoms with Crippen molar-refractivity contribution in [2.24, 2.45) is 5.92 Å². The molecule has 1 saturated heterocycles. The molecule has 2 aromatic rings. The second-order valence-corrected chi connectivity index (χ2v) is 6.07. The van der Waals surface area contributed by atoms with Crippen molar-refractivity contribution in [1.82, 2.24) is 9.97 Å². The van der Waals surface area contributed by atoms with Gasteiger partial charge in [-0.15, -0.1) is 0 Å². The number of aromatic nitrogens is 2. The average molecular weight is 296 g/mol. The molecule has 3 rings (SSSR count). The Kier molecular flexibility index (Phi) is 4.56. The fourth-order valence-corrected chi connectivity index (χ4v) is 2.99. The Labute approximate surface area is 132 Å². The van der Waals surface area contributed by atoms with Crippen molar-refractivity contribution in [2.45, 2.75) is 26.7 Å². The van der Waals surface area contributed by atoms with Gasteiger partial charge in [-0.1, -0.05) is 19.1 Å². The zero-order chi connectivity index (χ0) is 15.4. The van der Waals surface area contributed by atoms with Gasteiger partial charge in [0.1, 0.15) is 12.1 Å². The maximum Gasteiger partial charge on any atom is 0.129 e. The van der Waals surface area contributed by atoms with E-state index in [0.717, 1.165) is 37.6 Å². The first-order valence-electron chi connectivity index (χ1n) is 8.11. The summed E-state index contributed by atoms with van der Waals surface area (Å²) < 4.78 is 0. The molecule has 1 aliphatic heterocycles. The van der Waals surface area contributed by atoms with Crippen LogP contribution in [0.5, 0.6) is 0 Å². The van der Waals surface area contributed by atoms with E-state index in [2.05, 4.69) is 58.3 Å². The van der Waals surface area contributed by atoms with E-state index in [1.165, 1.54) is 17.7 Å². The molecule has 0 aliphatic carbocycles. The van der Waals surface area contributed by atoms with Crippen molar-refractivity contribution in [3.8, 4) is 0 Å². The molecule has 0 radical (unpaired) electrons. The normalized spacial score (nSPS) is 17.7. The van der Waals surface area contributed by atoms with Crippen LogP contribution in [-0.4, -0.2) is 29.6 Å². The van der Waals surface area contributed by atoms with Gasteiger partial charge in [0.05, 0.1) is 0 Å². The lowest BCUT2D eigenvalue weighted by atomic mass is 10.1. The Morgan fingerprint density at radius 2 is 2.18 bits per heavy atom. The van der Waals surface area contributed by atoms with Crippen molar-refractivity contribution in [2.75, 3.05) is 29.9 Å². The van der Waals surface area contributed by atoms with Crippen LogP contribution in [0.2, 0.25) is 0 Å². The van der Waals surface area contributed by atoms with Crippen LogP contribution < -0.4 is 10.2 Å². The zero-order valence-corrected chi connectivity index (χ0v) is 13.4. The van der Waals surface area contributed by atoms with Gasteiger partial charge in [-0.25, -0.2) is 9.97 Å². The van der Waals surface area contributed by atoms with Crippen molar-refractivity contribution < 1.29 is 0 Å². The smallest absolute Gasteiger partial charge is 0.129 e. The van der Waals surface area contributed by atoms with Gasteiger partial charge in [0.25, 0.3) is 0 Å². The van der Waals surface area contributed by atoms with Gasteiger partial charge in [-0.2, -0.15) is 0 Å². The van der Waals surface area contributed by atoms with Gasteiger partial charge in [-0.05, 0) is 43.4 Å². The fraction of sp³-hybridized carbons (Fsp3) is 0.444. The Balaban J connectivity index is 1.54. The van der Waals surface area contributed by atoms with Crippen LogP contribution in [0, 0.1) is 12.8 Å². The summed E-state index contributed by atoms with van der Waals surface area (Å²) >= 11 is 0. The Bertz CT molecular complexity index is 626. The first kappa shape index (κ1) is 14.8. The number of hydrogen-bond donors (Lipinski definition) is 1. The van der Waals surface area contributed by atoms with E-state index in [1.807, 2.05) is 6.07 Å². The van der Waals surface area contributed by atoms with Gasteiger partial charge in [0, 0.05) is 37.1 Å². The van der Waals surface area contributed by atoms with Gasteiger partial charge in [0.2, 0.25) is 0 Å². The number of nitrogens with one attached hydrogen (secondary N) is 1. The van der Waals surface area contributed by atoms with E-state index in [1.54, 1.807) is 6.33 Å². The molecule has 2 heterocycles. The van der Waals surface area contributed by atoms with Crippen LogP contribution in [0.1, 0.15) is 24.6 Å². The molecular formula is C18H24N4. The van der Waals surface area contributed by atoms with Crippen LogP contribution in [0.25, 0.3) is 0 Å². The SMILES string of the molecule is CCc1cc(NCC2CCN(c3cccc(C)c3)C2)ncn1. The molecule has 116 valence electrons. The zero-order valence-electron chi connectivity index (χ0n) is 13.4. The van der Waals surface area contributed by atoms with E-state index in [0.29, 0.717) is 5.92 Å². The summed E-state index contributed by atoms with van der Waals surface area (Å²) in [7, 11) is 0. The highest BCUT2D eigenvalue weighted by Crippen LogP contribution is 2.24. The Hall–Kier alpha value is -2.10. The number of anilines is 2. The standard InChI is InChI=1S/C18H24N4/c1-3-16-10-18(21-13-20-16)19-11-15-7-8-22(12-15)17-6-4-5-14(2)9-17/h4-6,9-10,13,15H,3,7-8,11-12H2,1-2H3,(H,19,20,21). The number of aryl methyl sites for hydroxylation is 2. The molecule has 0 bridgehead atoms. The molecule has 4 nitrogen and oxygen atoms in total. The average Bonchev–Trinajstić information content (AvgIpc) is 3.02. The minimum atomic E-state index is 0.667. The van der Waals surface area contributed by atoms with Crippen molar-refractivity contribution >= 4 is 11.5 Å². The first-order chi connectivity index (χ1) is 10.7. The summed E-state index contributed by atoms with van der Waals surface area (Å²) in [5.41, 5.74) is 3.76. The van der Waals surface area contributed by atoms with Crippen LogP contribution in [-0.2, 0) is 6.42 Å². The molecule has 4 heteroatoms. The summed E-state index contributed by atoms with van der Waals surface area (Å²) in [6.45, 7) is 7.49. The van der Waals surface area contributed by atoms with Gasteiger partial charge < -0.3 is 10.2 Å². The molecule has 22 heavy (non-hydrogen) atoms. The quantitative estimate of drug-likeness (QED) is 0.919. The van der Waals surface area contributed by atoms with E-state index in [4.69, 9.17) is 0 Å². The lowest BCUT2D eigenvalue weighted by Gasteiger charge is -2.19. The second-order valence-electron chi connectivity index (χ2n) is 6.07. The number of hydrogen-bond acceptors (Lipinski definition) is 4. The maximum absolute atomic E-state index is 4.30. The van der Waals surface area contributed by atoms with Crippen LogP contribution >= 0.6 is 0 Å². The molecule has 1 fully saturated rings. The van der Waals surface area contributed by atoms with E-state index >= 15 is 0 Å². The summed E-state index contributed by atoms with van der Waals surface area (Å²) in [4.78, 5) is 11.0. The van der Waals surface area contributed by atoms with Crippen LogP contribution in [0.3, 0.4) is 0 Å². The summed E-state index contributed by atoms with van der Waals surface area (Å²) in [6.07, 6.45) is 3.82. The van der Waals surface area contributed by atoms with Crippen molar-refractivity contribution in [3.63, 3.8) is 0 Å². The highest BCUT2D eigenvalue weighted by molar-refractivity contribution is 5.49. The van der Waals surface area contributed by atoms with Crippen molar-refractivity contribution in [3.05, 3.63) is 47.9 Å². The van der Waals surface area contributed by atoms with E-state index in [-0.39, 0.29) is 0 Å². The third-order valence-electron chi connectivity index (χ3n) is 4.31. The van der Waals surface area contributed by atoms with E-state index in [9.17, 15) is 0 Å². The predicted molar refractivity (Wildman–Crippen MR) is 91.4 cm³/mol. The molecule has 0 saturated carbocycles. The lowest BCUT2D eigenvalue weighted by Crippen LogP contribution is -2.22. The second kappa shape index (κ2) is 6.77. The number of nitrogens with zero attached hydrogens (tertiary/aromatic N) is 3. The molecule has 1 aromatic heterocycles. The van der Waals surface area contributed by atoms with Gasteiger partial charge in [-0.3, -0.25) is 0 Å². The molecule has 1 unspecified atom stereocenters. The first-order valence-corrected chi connectivity index (χ1v) is 8.11. The fourth-order valence-electron chi connectivity index (χ4n) is 2.99. The maximum atomic E-state index is 4.30. The highest BCUT2D eigenvalue weighted by atomic mass is 15.2.